The largest absolute Gasteiger partial charge is 0.271 e. The Morgan fingerprint density at radius 3 is 2.93 bits per heavy atom. The maximum Gasteiger partial charge on any atom is 0.271 e. The van der Waals surface area contributed by atoms with Gasteiger partial charge >= 0.3 is 0 Å². The summed E-state index contributed by atoms with van der Waals surface area (Å²) in [5.74, 6) is 0. The van der Waals surface area contributed by atoms with Crippen LogP contribution in [0.3, 0.4) is 0 Å². The van der Waals surface area contributed by atoms with Gasteiger partial charge in [-0.3, -0.25) is 10.1 Å². The van der Waals surface area contributed by atoms with Gasteiger partial charge in [0.15, 0.2) is 3.92 Å². The number of nitro benzene ring substituents is 1. The van der Waals surface area contributed by atoms with E-state index in [4.69, 9.17) is 0 Å². The second kappa shape index (κ2) is 3.29. The van der Waals surface area contributed by atoms with E-state index in [9.17, 15) is 10.1 Å². The molecule has 0 aliphatic heterocycles. The second-order valence-corrected chi connectivity index (χ2v) is 5.14. The minimum atomic E-state index is -0.389. The molecule has 0 unspecified atom stereocenters. The Kier molecular flexibility index (Phi) is 2.24. The third kappa shape index (κ3) is 1.51. The molecule has 0 saturated carbocycles. The van der Waals surface area contributed by atoms with Gasteiger partial charge in [-0.05, 0) is 28.4 Å². The van der Waals surface area contributed by atoms with Crippen molar-refractivity contribution >= 4 is 43.2 Å². The number of aryl methyl sites for hydroxylation is 1. The van der Waals surface area contributed by atoms with Crippen molar-refractivity contribution in [3.63, 3.8) is 0 Å². The fraction of sp³-hybridized carbons (Fsp3) is 0.125. The molecule has 0 bridgehead atoms. The van der Waals surface area contributed by atoms with Gasteiger partial charge in [0.05, 0.1) is 15.1 Å². The molecule has 72 valence electrons. The van der Waals surface area contributed by atoms with Crippen LogP contribution in [0, 0.1) is 17.0 Å². The normalized spacial score (nSPS) is 10.7. The lowest BCUT2D eigenvalue weighted by Gasteiger charge is -1.94. The third-order valence-corrected chi connectivity index (χ3v) is 3.31. The monoisotopic (exact) mass is 272 g/mol. The zero-order valence-corrected chi connectivity index (χ0v) is 9.55. The van der Waals surface area contributed by atoms with E-state index in [2.05, 4.69) is 20.9 Å². The Morgan fingerprint density at radius 1 is 1.57 bits per heavy atom. The van der Waals surface area contributed by atoms with E-state index in [1.807, 2.05) is 6.92 Å². The topological polar surface area (TPSA) is 56.0 Å². The van der Waals surface area contributed by atoms with Gasteiger partial charge in [-0.1, -0.05) is 0 Å². The van der Waals surface area contributed by atoms with E-state index in [-0.39, 0.29) is 10.6 Å². The van der Waals surface area contributed by atoms with E-state index in [1.165, 1.54) is 17.4 Å². The Hall–Kier alpha value is -1.01. The van der Waals surface area contributed by atoms with Crippen LogP contribution in [0.2, 0.25) is 0 Å². The van der Waals surface area contributed by atoms with Gasteiger partial charge in [0, 0.05) is 12.1 Å². The van der Waals surface area contributed by atoms with Crippen LogP contribution < -0.4 is 0 Å². The summed E-state index contributed by atoms with van der Waals surface area (Å²) in [6.07, 6.45) is 0. The van der Waals surface area contributed by atoms with E-state index >= 15 is 0 Å². The lowest BCUT2D eigenvalue weighted by atomic mass is 10.2. The maximum atomic E-state index is 10.6. The zero-order valence-electron chi connectivity index (χ0n) is 7.15. The average molecular weight is 273 g/mol. The molecule has 0 fully saturated rings. The maximum absolute atomic E-state index is 10.6. The van der Waals surface area contributed by atoms with Gasteiger partial charge in [-0.2, -0.15) is 0 Å². The van der Waals surface area contributed by atoms with Gasteiger partial charge in [0.25, 0.3) is 5.69 Å². The van der Waals surface area contributed by atoms with Crippen molar-refractivity contribution < 1.29 is 4.92 Å². The SMILES string of the molecule is Cc1cc([N+](=O)[O-])cc2sc(Br)nc12. The summed E-state index contributed by atoms with van der Waals surface area (Å²) in [5, 5.41) is 10.6. The highest BCUT2D eigenvalue weighted by molar-refractivity contribution is 9.11. The molecular weight excluding hydrogens is 268 g/mol. The lowest BCUT2D eigenvalue weighted by molar-refractivity contribution is -0.384. The molecule has 14 heavy (non-hydrogen) atoms. The van der Waals surface area contributed by atoms with Crippen molar-refractivity contribution in [2.75, 3.05) is 0 Å². The quantitative estimate of drug-likeness (QED) is 0.591. The Morgan fingerprint density at radius 2 is 2.29 bits per heavy atom. The van der Waals surface area contributed by atoms with E-state index < -0.39 is 0 Å². The van der Waals surface area contributed by atoms with Crippen LogP contribution in [0.1, 0.15) is 5.56 Å². The number of hydrogen-bond acceptors (Lipinski definition) is 4. The van der Waals surface area contributed by atoms with Crippen LogP contribution in [-0.4, -0.2) is 9.91 Å². The number of rotatable bonds is 1. The molecule has 1 aromatic heterocycles. The third-order valence-electron chi connectivity index (χ3n) is 1.85. The van der Waals surface area contributed by atoms with Crippen LogP contribution in [0.4, 0.5) is 5.69 Å². The van der Waals surface area contributed by atoms with Crippen LogP contribution in [0.25, 0.3) is 10.2 Å². The molecule has 0 N–H and O–H groups in total. The summed E-state index contributed by atoms with van der Waals surface area (Å²) in [4.78, 5) is 14.4. The van der Waals surface area contributed by atoms with Crippen LogP contribution in [0.5, 0.6) is 0 Å². The first-order valence-electron chi connectivity index (χ1n) is 3.79. The highest BCUT2D eigenvalue weighted by Gasteiger charge is 2.12. The van der Waals surface area contributed by atoms with Crippen molar-refractivity contribution in [3.8, 4) is 0 Å². The van der Waals surface area contributed by atoms with Gasteiger partial charge in [-0.15, -0.1) is 11.3 Å². The first-order valence-corrected chi connectivity index (χ1v) is 5.40. The van der Waals surface area contributed by atoms with Gasteiger partial charge in [0.1, 0.15) is 0 Å². The summed E-state index contributed by atoms with van der Waals surface area (Å²) < 4.78 is 1.58. The average Bonchev–Trinajstić information content (AvgIpc) is 2.45. The molecule has 2 rings (SSSR count). The molecule has 0 amide bonds. The molecule has 6 heteroatoms. The number of thiazole rings is 1. The first-order chi connectivity index (χ1) is 6.58. The van der Waals surface area contributed by atoms with E-state index in [0.29, 0.717) is 0 Å². The van der Waals surface area contributed by atoms with Gasteiger partial charge < -0.3 is 0 Å². The molecule has 0 aliphatic carbocycles. The molecule has 0 spiro atoms. The predicted molar refractivity (Wildman–Crippen MR) is 58.7 cm³/mol. The Balaban J connectivity index is 2.77. The van der Waals surface area contributed by atoms with Crippen molar-refractivity contribution in [2.45, 2.75) is 6.92 Å². The predicted octanol–water partition coefficient (Wildman–Crippen LogP) is 3.28. The number of hydrogen-bond donors (Lipinski definition) is 0. The van der Waals surface area contributed by atoms with Gasteiger partial charge in [-0.25, -0.2) is 4.98 Å². The van der Waals surface area contributed by atoms with Gasteiger partial charge in [0.2, 0.25) is 0 Å². The molecule has 0 radical (unpaired) electrons. The number of halogens is 1. The molecule has 0 atom stereocenters. The summed E-state index contributed by atoms with van der Waals surface area (Å²) in [6, 6.07) is 3.08. The second-order valence-electron chi connectivity index (χ2n) is 2.83. The molecule has 0 aliphatic rings. The fourth-order valence-corrected chi connectivity index (χ4v) is 2.76. The van der Waals surface area contributed by atoms with Crippen molar-refractivity contribution in [3.05, 3.63) is 31.7 Å². The number of non-ortho nitro benzene ring substituents is 1. The van der Waals surface area contributed by atoms with Crippen LogP contribution in [-0.2, 0) is 0 Å². The minimum Gasteiger partial charge on any atom is -0.258 e. The molecule has 0 saturated heterocycles. The number of benzene rings is 1. The Labute approximate surface area is 91.9 Å². The van der Waals surface area contributed by atoms with E-state index in [0.717, 1.165) is 19.7 Å². The summed E-state index contributed by atoms with van der Waals surface area (Å²) in [6.45, 7) is 1.82. The molecule has 2 aromatic rings. The number of aromatic nitrogens is 1. The van der Waals surface area contributed by atoms with E-state index in [1.54, 1.807) is 6.07 Å². The van der Waals surface area contributed by atoms with Crippen molar-refractivity contribution in [1.82, 2.24) is 4.98 Å². The Bertz CT molecular complexity index is 523. The van der Waals surface area contributed by atoms with Crippen LogP contribution >= 0.6 is 27.3 Å². The number of nitro groups is 1. The molecular formula is C8H5BrN2O2S. The summed E-state index contributed by atoms with van der Waals surface area (Å²) in [5.41, 5.74) is 1.77. The molecule has 4 nitrogen and oxygen atoms in total. The number of nitrogens with zero attached hydrogens (tertiary/aromatic N) is 2. The smallest absolute Gasteiger partial charge is 0.258 e. The standard InChI is InChI=1S/C8H5BrN2O2S/c1-4-2-5(11(12)13)3-6-7(4)10-8(9)14-6/h2-3H,1H3. The summed E-state index contributed by atoms with van der Waals surface area (Å²) >= 11 is 4.66. The summed E-state index contributed by atoms with van der Waals surface area (Å²) in [7, 11) is 0. The molecule has 1 aromatic carbocycles. The lowest BCUT2D eigenvalue weighted by Crippen LogP contribution is -1.88. The van der Waals surface area contributed by atoms with Crippen molar-refractivity contribution in [1.29, 1.82) is 0 Å². The first kappa shape index (κ1) is 9.54. The highest BCUT2D eigenvalue weighted by atomic mass is 79.9. The number of fused-ring (bicyclic) bond motifs is 1. The highest BCUT2D eigenvalue weighted by Crippen LogP contribution is 2.31. The van der Waals surface area contributed by atoms with Crippen molar-refractivity contribution in [2.24, 2.45) is 0 Å². The zero-order chi connectivity index (χ0) is 10.3. The molecule has 1 heterocycles. The van der Waals surface area contributed by atoms with Crippen LogP contribution in [0.15, 0.2) is 16.0 Å². The fourth-order valence-electron chi connectivity index (χ4n) is 1.26. The minimum absolute atomic E-state index is 0.117.